The summed E-state index contributed by atoms with van der Waals surface area (Å²) in [5.74, 6) is -0.907. The van der Waals surface area contributed by atoms with Crippen LogP contribution >= 0.6 is 0 Å². The third kappa shape index (κ3) is 1.91. The fourth-order valence-electron chi connectivity index (χ4n) is 1.40. The Hall–Kier alpha value is -1.82. The molecule has 0 aromatic heterocycles. The van der Waals surface area contributed by atoms with Crippen molar-refractivity contribution in [3.63, 3.8) is 0 Å². The number of aryl methyl sites for hydroxylation is 2. The lowest BCUT2D eigenvalue weighted by Crippen LogP contribution is -2.05. The highest BCUT2D eigenvalue weighted by molar-refractivity contribution is 5.72. The molecule has 0 aliphatic rings. The highest BCUT2D eigenvalue weighted by Crippen LogP contribution is 2.18. The lowest BCUT2D eigenvalue weighted by atomic mass is 9.96. The topological polar surface area (TPSA) is 61.1 Å². The van der Waals surface area contributed by atoms with Gasteiger partial charge in [0, 0.05) is 0 Å². The summed E-state index contributed by atoms with van der Waals surface area (Å²) in [4.78, 5) is 10.6. The lowest BCUT2D eigenvalue weighted by molar-refractivity contribution is -0.136. The van der Waals surface area contributed by atoms with Gasteiger partial charge in [-0.15, -0.1) is 0 Å². The summed E-state index contributed by atoms with van der Waals surface area (Å²) < 4.78 is 0. The molecule has 72 valence electrons. The van der Waals surface area contributed by atoms with Crippen LogP contribution in [0.2, 0.25) is 0 Å². The van der Waals surface area contributed by atoms with E-state index >= 15 is 0 Å². The number of aliphatic carboxylic acids is 1. The van der Waals surface area contributed by atoms with E-state index < -0.39 is 5.97 Å². The summed E-state index contributed by atoms with van der Waals surface area (Å²) in [6.07, 6.45) is -0.0869. The van der Waals surface area contributed by atoms with E-state index in [0.717, 1.165) is 11.1 Å². The molecule has 14 heavy (non-hydrogen) atoms. The minimum absolute atomic E-state index is 0.0869. The van der Waals surface area contributed by atoms with Crippen molar-refractivity contribution in [3.8, 4) is 6.07 Å². The zero-order chi connectivity index (χ0) is 10.7. The molecule has 3 nitrogen and oxygen atoms in total. The van der Waals surface area contributed by atoms with Crippen molar-refractivity contribution in [2.24, 2.45) is 0 Å². The Morgan fingerprint density at radius 3 is 2.50 bits per heavy atom. The van der Waals surface area contributed by atoms with Crippen LogP contribution in [0.15, 0.2) is 12.1 Å². The van der Waals surface area contributed by atoms with Gasteiger partial charge in [0.15, 0.2) is 0 Å². The SMILES string of the molecule is Cc1ccc(C)c(CC(=O)O)c1C#N. The zero-order valence-corrected chi connectivity index (χ0v) is 8.16. The number of hydrogen-bond acceptors (Lipinski definition) is 2. The average Bonchev–Trinajstić information content (AvgIpc) is 2.11. The smallest absolute Gasteiger partial charge is 0.307 e. The van der Waals surface area contributed by atoms with Crippen LogP contribution in [0.25, 0.3) is 0 Å². The molecule has 0 bridgehead atoms. The molecule has 1 N–H and O–H groups in total. The van der Waals surface area contributed by atoms with Crippen molar-refractivity contribution in [1.29, 1.82) is 5.26 Å². The standard InChI is InChI=1S/C11H11NO2/c1-7-3-4-8(2)10(6-12)9(7)5-11(13)14/h3-4H,5H2,1-2H3,(H,13,14). The molecule has 0 radical (unpaired) electrons. The summed E-state index contributed by atoms with van der Waals surface area (Å²) in [5, 5.41) is 17.6. The highest BCUT2D eigenvalue weighted by atomic mass is 16.4. The zero-order valence-electron chi connectivity index (χ0n) is 8.16. The molecule has 1 aromatic rings. The van der Waals surface area contributed by atoms with Crippen LogP contribution in [0, 0.1) is 25.2 Å². The Balaban J connectivity index is 3.31. The monoisotopic (exact) mass is 189 g/mol. The minimum Gasteiger partial charge on any atom is -0.481 e. The Morgan fingerprint density at radius 1 is 1.43 bits per heavy atom. The fraction of sp³-hybridized carbons (Fsp3) is 0.273. The molecule has 0 atom stereocenters. The van der Waals surface area contributed by atoms with Crippen LogP contribution in [0.3, 0.4) is 0 Å². The molecule has 0 heterocycles. The van der Waals surface area contributed by atoms with Gasteiger partial charge in [-0.3, -0.25) is 4.79 Å². The van der Waals surface area contributed by atoms with Gasteiger partial charge < -0.3 is 5.11 Å². The maximum absolute atomic E-state index is 10.6. The average molecular weight is 189 g/mol. The van der Waals surface area contributed by atoms with E-state index in [9.17, 15) is 4.79 Å². The molecular formula is C11H11NO2. The number of nitriles is 1. The van der Waals surface area contributed by atoms with Crippen molar-refractivity contribution < 1.29 is 9.90 Å². The van der Waals surface area contributed by atoms with Crippen molar-refractivity contribution >= 4 is 5.97 Å². The molecule has 3 heteroatoms. The van der Waals surface area contributed by atoms with Gasteiger partial charge in [0.05, 0.1) is 18.1 Å². The quantitative estimate of drug-likeness (QED) is 0.771. The van der Waals surface area contributed by atoms with Gasteiger partial charge in [-0.2, -0.15) is 5.26 Å². The first kappa shape index (κ1) is 10.3. The van der Waals surface area contributed by atoms with Gasteiger partial charge in [0.2, 0.25) is 0 Å². The van der Waals surface area contributed by atoms with Gasteiger partial charge in [0.1, 0.15) is 0 Å². The van der Waals surface area contributed by atoms with E-state index in [0.29, 0.717) is 11.1 Å². The van der Waals surface area contributed by atoms with Crippen molar-refractivity contribution in [1.82, 2.24) is 0 Å². The number of nitrogens with zero attached hydrogens (tertiary/aromatic N) is 1. The Morgan fingerprint density at radius 2 is 2.00 bits per heavy atom. The van der Waals surface area contributed by atoms with Crippen molar-refractivity contribution in [2.75, 3.05) is 0 Å². The summed E-state index contributed by atoms with van der Waals surface area (Å²) >= 11 is 0. The van der Waals surface area contributed by atoms with Crippen LogP contribution in [-0.2, 0) is 11.2 Å². The largest absolute Gasteiger partial charge is 0.481 e. The Kier molecular flexibility index (Phi) is 2.88. The maximum atomic E-state index is 10.6. The van der Waals surface area contributed by atoms with Crippen LogP contribution in [0.5, 0.6) is 0 Å². The second kappa shape index (κ2) is 3.93. The molecule has 0 aliphatic carbocycles. The van der Waals surface area contributed by atoms with E-state index in [1.54, 1.807) is 0 Å². The van der Waals surface area contributed by atoms with Gasteiger partial charge in [-0.1, -0.05) is 12.1 Å². The first-order valence-electron chi connectivity index (χ1n) is 4.27. The number of carboxylic acid groups (broad SMARTS) is 1. The third-order valence-corrected chi connectivity index (χ3v) is 2.20. The third-order valence-electron chi connectivity index (χ3n) is 2.20. The van der Waals surface area contributed by atoms with E-state index in [2.05, 4.69) is 0 Å². The molecule has 0 saturated heterocycles. The fourth-order valence-corrected chi connectivity index (χ4v) is 1.40. The number of rotatable bonds is 2. The van der Waals surface area contributed by atoms with Crippen LogP contribution in [0.1, 0.15) is 22.3 Å². The van der Waals surface area contributed by atoms with Crippen molar-refractivity contribution in [2.45, 2.75) is 20.3 Å². The van der Waals surface area contributed by atoms with Gasteiger partial charge >= 0.3 is 5.97 Å². The normalized spacial score (nSPS) is 9.50. The predicted molar refractivity (Wildman–Crippen MR) is 52.0 cm³/mol. The molecule has 0 unspecified atom stereocenters. The summed E-state index contributed by atoms with van der Waals surface area (Å²) in [6.45, 7) is 3.63. The number of carbonyl (C=O) groups is 1. The minimum atomic E-state index is -0.907. The summed E-state index contributed by atoms with van der Waals surface area (Å²) in [6, 6.07) is 5.72. The first-order valence-corrected chi connectivity index (χ1v) is 4.27. The summed E-state index contributed by atoms with van der Waals surface area (Å²) in [5.41, 5.74) is 2.80. The Bertz CT molecular complexity index is 416. The van der Waals surface area contributed by atoms with Crippen LogP contribution in [-0.4, -0.2) is 11.1 Å². The number of hydrogen-bond donors (Lipinski definition) is 1. The van der Waals surface area contributed by atoms with Gasteiger partial charge in [0.25, 0.3) is 0 Å². The molecule has 1 rings (SSSR count). The van der Waals surface area contributed by atoms with E-state index in [1.165, 1.54) is 0 Å². The second-order valence-electron chi connectivity index (χ2n) is 3.24. The molecule has 0 fully saturated rings. The van der Waals surface area contributed by atoms with E-state index in [-0.39, 0.29) is 6.42 Å². The molecular weight excluding hydrogens is 178 g/mol. The number of carboxylic acids is 1. The first-order chi connectivity index (χ1) is 6.56. The molecule has 0 aliphatic heterocycles. The van der Waals surface area contributed by atoms with Gasteiger partial charge in [-0.05, 0) is 30.5 Å². The number of benzene rings is 1. The van der Waals surface area contributed by atoms with Crippen LogP contribution in [0.4, 0.5) is 0 Å². The van der Waals surface area contributed by atoms with Crippen LogP contribution < -0.4 is 0 Å². The molecule has 0 saturated carbocycles. The van der Waals surface area contributed by atoms with E-state index in [4.69, 9.17) is 10.4 Å². The second-order valence-corrected chi connectivity index (χ2v) is 3.24. The predicted octanol–water partition coefficient (Wildman–Crippen LogP) is 1.80. The molecule has 0 amide bonds. The molecule has 0 spiro atoms. The Labute approximate surface area is 82.6 Å². The lowest BCUT2D eigenvalue weighted by Gasteiger charge is -2.07. The van der Waals surface area contributed by atoms with Gasteiger partial charge in [-0.25, -0.2) is 0 Å². The maximum Gasteiger partial charge on any atom is 0.307 e. The van der Waals surface area contributed by atoms with E-state index in [1.807, 2.05) is 32.0 Å². The van der Waals surface area contributed by atoms with Crippen molar-refractivity contribution in [3.05, 3.63) is 34.4 Å². The molecule has 1 aromatic carbocycles. The summed E-state index contributed by atoms with van der Waals surface area (Å²) in [7, 11) is 0. The highest BCUT2D eigenvalue weighted by Gasteiger charge is 2.11.